The zero-order chi connectivity index (χ0) is 13.0. The molecule has 18 heavy (non-hydrogen) atoms. The molecule has 0 aliphatic carbocycles. The lowest BCUT2D eigenvalue weighted by atomic mass is 10.0. The van der Waals surface area contributed by atoms with E-state index in [4.69, 9.17) is 14.6 Å². The maximum absolute atomic E-state index is 11.4. The molecule has 0 bridgehead atoms. The van der Waals surface area contributed by atoms with Gasteiger partial charge in [0.25, 0.3) is 0 Å². The number of hydrogen-bond donors (Lipinski definition) is 1. The molecule has 0 aliphatic rings. The molecule has 0 amide bonds. The lowest BCUT2D eigenvalue weighted by molar-refractivity contribution is 0.562. The number of anilines is 1. The minimum atomic E-state index is -0.384. The maximum Gasteiger partial charge on any atom is 0.336 e. The Labute approximate surface area is 103 Å². The van der Waals surface area contributed by atoms with E-state index >= 15 is 0 Å². The first kappa shape index (κ1) is 10.9. The van der Waals surface area contributed by atoms with Crippen LogP contribution in [0.15, 0.2) is 25.8 Å². The summed E-state index contributed by atoms with van der Waals surface area (Å²) >= 11 is 0. The van der Waals surface area contributed by atoms with Gasteiger partial charge >= 0.3 is 5.63 Å². The molecule has 4 nitrogen and oxygen atoms in total. The fourth-order valence-corrected chi connectivity index (χ4v) is 2.30. The number of benzene rings is 1. The monoisotopic (exact) mass is 243 g/mol. The van der Waals surface area contributed by atoms with Gasteiger partial charge in [-0.15, -0.1) is 0 Å². The van der Waals surface area contributed by atoms with Crippen LogP contribution in [0.3, 0.4) is 0 Å². The number of furan rings is 1. The number of nitrogens with two attached hydrogens (primary N) is 1. The summed E-state index contributed by atoms with van der Waals surface area (Å²) in [5.74, 6) is 0.812. The van der Waals surface area contributed by atoms with E-state index in [1.165, 1.54) is 6.07 Å². The highest BCUT2D eigenvalue weighted by molar-refractivity contribution is 6.11. The first-order valence-electron chi connectivity index (χ1n) is 5.72. The Morgan fingerprint density at radius 2 is 1.72 bits per heavy atom. The lowest BCUT2D eigenvalue weighted by Crippen LogP contribution is -1.99. The number of fused-ring (bicyclic) bond motifs is 3. The predicted molar refractivity (Wildman–Crippen MR) is 70.9 cm³/mol. The highest BCUT2D eigenvalue weighted by Gasteiger charge is 2.18. The third kappa shape index (κ3) is 1.23. The molecule has 0 saturated heterocycles. The van der Waals surface area contributed by atoms with Gasteiger partial charge in [-0.05, 0) is 26.8 Å². The van der Waals surface area contributed by atoms with Crippen molar-refractivity contribution in [2.24, 2.45) is 0 Å². The van der Waals surface area contributed by atoms with E-state index in [0.29, 0.717) is 16.9 Å². The molecular weight excluding hydrogens is 230 g/mol. The van der Waals surface area contributed by atoms with E-state index in [-0.39, 0.29) is 5.63 Å². The molecule has 3 aromatic rings. The van der Waals surface area contributed by atoms with Crippen LogP contribution in [0, 0.1) is 20.8 Å². The largest absolute Gasteiger partial charge is 0.461 e. The molecule has 0 aliphatic heterocycles. The van der Waals surface area contributed by atoms with Gasteiger partial charge in [-0.3, -0.25) is 0 Å². The molecule has 0 spiro atoms. The van der Waals surface area contributed by atoms with Crippen LogP contribution in [0.25, 0.3) is 21.9 Å². The standard InChI is InChI=1S/C14H13NO3/c1-6-8(3)17-13-7(2)12(15)9-4-5-10(16)18-14(9)11(6)13/h4-5H,15H2,1-3H3. The molecule has 0 radical (unpaired) electrons. The predicted octanol–water partition coefficient (Wildman–Crippen LogP) is 3.05. The Morgan fingerprint density at radius 1 is 1.00 bits per heavy atom. The zero-order valence-corrected chi connectivity index (χ0v) is 10.5. The summed E-state index contributed by atoms with van der Waals surface area (Å²) in [6.07, 6.45) is 0. The van der Waals surface area contributed by atoms with Crippen LogP contribution < -0.4 is 11.4 Å². The number of rotatable bonds is 0. The smallest absolute Gasteiger partial charge is 0.336 e. The second kappa shape index (κ2) is 3.38. The highest BCUT2D eigenvalue weighted by Crippen LogP contribution is 2.37. The Kier molecular flexibility index (Phi) is 2.05. The van der Waals surface area contributed by atoms with E-state index in [1.807, 2.05) is 20.8 Å². The Morgan fingerprint density at radius 3 is 2.44 bits per heavy atom. The van der Waals surface area contributed by atoms with Crippen molar-refractivity contribution in [2.75, 3.05) is 5.73 Å². The van der Waals surface area contributed by atoms with Crippen LogP contribution in [0.2, 0.25) is 0 Å². The van der Waals surface area contributed by atoms with Crippen molar-refractivity contribution < 1.29 is 8.83 Å². The van der Waals surface area contributed by atoms with Gasteiger partial charge in [0.05, 0.1) is 5.39 Å². The van der Waals surface area contributed by atoms with Crippen LogP contribution in [0.5, 0.6) is 0 Å². The second-order valence-electron chi connectivity index (χ2n) is 4.52. The molecule has 0 fully saturated rings. The van der Waals surface area contributed by atoms with Crippen molar-refractivity contribution in [3.63, 3.8) is 0 Å². The molecule has 0 saturated carbocycles. The molecule has 0 atom stereocenters. The molecule has 92 valence electrons. The van der Waals surface area contributed by atoms with Crippen molar-refractivity contribution >= 4 is 27.6 Å². The third-order valence-corrected chi connectivity index (χ3v) is 3.48. The van der Waals surface area contributed by atoms with Crippen molar-refractivity contribution in [1.82, 2.24) is 0 Å². The van der Waals surface area contributed by atoms with Crippen molar-refractivity contribution in [1.29, 1.82) is 0 Å². The maximum atomic E-state index is 11.4. The van der Waals surface area contributed by atoms with Crippen LogP contribution >= 0.6 is 0 Å². The van der Waals surface area contributed by atoms with E-state index in [1.54, 1.807) is 6.07 Å². The summed E-state index contributed by atoms with van der Waals surface area (Å²) in [5.41, 5.74) is 9.34. The number of nitrogen functional groups attached to an aromatic ring is 1. The summed E-state index contributed by atoms with van der Waals surface area (Å²) < 4.78 is 11.0. The summed E-state index contributed by atoms with van der Waals surface area (Å²) in [4.78, 5) is 11.4. The number of aryl methyl sites for hydroxylation is 3. The van der Waals surface area contributed by atoms with Gasteiger partial charge in [-0.1, -0.05) is 0 Å². The Bertz CT molecular complexity index is 840. The molecule has 4 heteroatoms. The first-order chi connectivity index (χ1) is 8.50. The molecule has 0 unspecified atom stereocenters. The average molecular weight is 243 g/mol. The van der Waals surface area contributed by atoms with Crippen LogP contribution in [-0.4, -0.2) is 0 Å². The Balaban J connectivity index is 2.74. The normalized spacial score (nSPS) is 11.5. The van der Waals surface area contributed by atoms with E-state index in [0.717, 1.165) is 27.7 Å². The van der Waals surface area contributed by atoms with Crippen molar-refractivity contribution in [3.8, 4) is 0 Å². The van der Waals surface area contributed by atoms with Gasteiger partial charge < -0.3 is 14.6 Å². The summed E-state index contributed by atoms with van der Waals surface area (Å²) in [5, 5.41) is 1.59. The lowest BCUT2D eigenvalue weighted by Gasteiger charge is -2.06. The van der Waals surface area contributed by atoms with Gasteiger partial charge in [0.15, 0.2) is 5.58 Å². The quantitative estimate of drug-likeness (QED) is 0.486. The number of hydrogen-bond acceptors (Lipinski definition) is 4. The topological polar surface area (TPSA) is 69.4 Å². The molecule has 2 N–H and O–H groups in total. The van der Waals surface area contributed by atoms with Gasteiger partial charge in [-0.25, -0.2) is 4.79 Å². The van der Waals surface area contributed by atoms with Gasteiger partial charge in [0, 0.05) is 28.3 Å². The summed E-state index contributed by atoms with van der Waals surface area (Å²) in [7, 11) is 0. The molecule has 1 aromatic carbocycles. The Hall–Kier alpha value is -2.23. The van der Waals surface area contributed by atoms with E-state index < -0.39 is 0 Å². The zero-order valence-electron chi connectivity index (χ0n) is 10.5. The fraction of sp³-hybridized carbons (Fsp3) is 0.214. The molecule has 2 heterocycles. The van der Waals surface area contributed by atoms with Gasteiger partial charge in [-0.2, -0.15) is 0 Å². The average Bonchev–Trinajstić information content (AvgIpc) is 2.63. The molecule has 3 rings (SSSR count). The highest BCUT2D eigenvalue weighted by atomic mass is 16.4. The van der Waals surface area contributed by atoms with Crippen LogP contribution in [-0.2, 0) is 0 Å². The molecular formula is C14H13NO3. The second-order valence-corrected chi connectivity index (χ2v) is 4.52. The summed E-state index contributed by atoms with van der Waals surface area (Å²) in [6.45, 7) is 5.74. The van der Waals surface area contributed by atoms with E-state index in [9.17, 15) is 4.79 Å². The van der Waals surface area contributed by atoms with Crippen molar-refractivity contribution in [3.05, 3.63) is 39.4 Å². The van der Waals surface area contributed by atoms with Crippen LogP contribution in [0.4, 0.5) is 5.69 Å². The van der Waals surface area contributed by atoms with Crippen LogP contribution in [0.1, 0.15) is 16.9 Å². The van der Waals surface area contributed by atoms with E-state index in [2.05, 4.69) is 0 Å². The van der Waals surface area contributed by atoms with Gasteiger partial charge in [0.2, 0.25) is 0 Å². The van der Waals surface area contributed by atoms with Crippen molar-refractivity contribution in [2.45, 2.75) is 20.8 Å². The third-order valence-electron chi connectivity index (χ3n) is 3.48. The fourth-order valence-electron chi connectivity index (χ4n) is 2.30. The SMILES string of the molecule is Cc1oc2c(C)c(N)c3ccc(=O)oc3c2c1C. The first-order valence-corrected chi connectivity index (χ1v) is 5.72. The minimum Gasteiger partial charge on any atom is -0.461 e. The van der Waals surface area contributed by atoms with Gasteiger partial charge in [0.1, 0.15) is 11.3 Å². The summed E-state index contributed by atoms with van der Waals surface area (Å²) in [6, 6.07) is 3.08. The minimum absolute atomic E-state index is 0.384. The molecule has 2 aromatic heterocycles.